The van der Waals surface area contributed by atoms with Gasteiger partial charge in [-0.25, -0.2) is 4.39 Å². The highest BCUT2D eigenvalue weighted by atomic mass is 79.9. The lowest BCUT2D eigenvalue weighted by atomic mass is 9.99. The van der Waals surface area contributed by atoms with Crippen molar-refractivity contribution in [2.24, 2.45) is 5.41 Å². The SMILES string of the molecule is CC(C)(C)COCc1ccc(F)c(Br)c1. The Balaban J connectivity index is 2.48. The molecule has 0 amide bonds. The molecule has 0 aliphatic heterocycles. The number of hydrogen-bond acceptors (Lipinski definition) is 1. The molecule has 15 heavy (non-hydrogen) atoms. The maximum absolute atomic E-state index is 12.9. The van der Waals surface area contributed by atoms with Crippen molar-refractivity contribution >= 4 is 15.9 Å². The van der Waals surface area contributed by atoms with E-state index in [0.29, 0.717) is 17.7 Å². The van der Waals surface area contributed by atoms with Crippen molar-refractivity contribution in [3.05, 3.63) is 34.1 Å². The molecule has 0 heterocycles. The monoisotopic (exact) mass is 274 g/mol. The Bertz CT molecular complexity index is 331. The van der Waals surface area contributed by atoms with Crippen LogP contribution in [0.15, 0.2) is 22.7 Å². The van der Waals surface area contributed by atoms with Gasteiger partial charge in [0.2, 0.25) is 0 Å². The average molecular weight is 275 g/mol. The predicted molar refractivity (Wildman–Crippen MR) is 63.2 cm³/mol. The Hall–Kier alpha value is -0.410. The highest BCUT2D eigenvalue weighted by molar-refractivity contribution is 9.10. The molecule has 0 spiro atoms. The van der Waals surface area contributed by atoms with Crippen LogP contribution in [0.1, 0.15) is 26.3 Å². The lowest BCUT2D eigenvalue weighted by Gasteiger charge is -2.18. The molecule has 0 unspecified atom stereocenters. The summed E-state index contributed by atoms with van der Waals surface area (Å²) in [5.41, 5.74) is 1.14. The van der Waals surface area contributed by atoms with E-state index < -0.39 is 0 Å². The van der Waals surface area contributed by atoms with E-state index in [9.17, 15) is 4.39 Å². The van der Waals surface area contributed by atoms with Gasteiger partial charge in [-0.15, -0.1) is 0 Å². The zero-order valence-corrected chi connectivity index (χ0v) is 10.9. The van der Waals surface area contributed by atoms with Gasteiger partial charge < -0.3 is 4.74 Å². The molecule has 1 aromatic rings. The fourth-order valence-electron chi connectivity index (χ4n) is 1.10. The van der Waals surface area contributed by atoms with Gasteiger partial charge in [0, 0.05) is 0 Å². The van der Waals surface area contributed by atoms with Crippen molar-refractivity contribution in [2.45, 2.75) is 27.4 Å². The molecule has 0 aliphatic rings. The summed E-state index contributed by atoms with van der Waals surface area (Å²) >= 11 is 3.15. The molecule has 3 heteroatoms. The van der Waals surface area contributed by atoms with Crippen LogP contribution in [-0.4, -0.2) is 6.61 Å². The standard InChI is InChI=1S/C12H16BrFO/c1-12(2,3)8-15-7-9-4-5-11(14)10(13)6-9/h4-6H,7-8H2,1-3H3. The molecule has 0 aliphatic carbocycles. The summed E-state index contributed by atoms with van der Waals surface area (Å²) in [6, 6.07) is 4.93. The van der Waals surface area contributed by atoms with Crippen LogP contribution >= 0.6 is 15.9 Å². The molecule has 1 rings (SSSR count). The first-order valence-corrected chi connectivity index (χ1v) is 5.69. The van der Waals surface area contributed by atoms with E-state index in [1.165, 1.54) is 6.07 Å². The zero-order chi connectivity index (χ0) is 11.5. The van der Waals surface area contributed by atoms with Crippen LogP contribution in [0.25, 0.3) is 0 Å². The smallest absolute Gasteiger partial charge is 0.137 e. The number of ether oxygens (including phenoxy) is 1. The van der Waals surface area contributed by atoms with Crippen molar-refractivity contribution in [3.8, 4) is 0 Å². The summed E-state index contributed by atoms with van der Waals surface area (Å²) in [7, 11) is 0. The minimum absolute atomic E-state index is 0.164. The lowest BCUT2D eigenvalue weighted by molar-refractivity contribution is 0.0598. The van der Waals surface area contributed by atoms with E-state index in [0.717, 1.165) is 5.56 Å². The maximum atomic E-state index is 12.9. The summed E-state index contributed by atoms with van der Waals surface area (Å²) in [5.74, 6) is -0.241. The Morgan fingerprint density at radius 2 is 2.00 bits per heavy atom. The molecule has 0 N–H and O–H groups in total. The quantitative estimate of drug-likeness (QED) is 0.805. The van der Waals surface area contributed by atoms with E-state index in [1.54, 1.807) is 12.1 Å². The minimum atomic E-state index is -0.241. The number of rotatable bonds is 3. The molecule has 0 radical (unpaired) electrons. The minimum Gasteiger partial charge on any atom is -0.376 e. The van der Waals surface area contributed by atoms with Crippen molar-refractivity contribution in [1.82, 2.24) is 0 Å². The Kier molecular flexibility index (Phi) is 4.29. The highest BCUT2D eigenvalue weighted by Crippen LogP contribution is 2.18. The van der Waals surface area contributed by atoms with Crippen LogP contribution in [0.3, 0.4) is 0 Å². The van der Waals surface area contributed by atoms with E-state index in [-0.39, 0.29) is 11.2 Å². The Labute approximate surface area is 98.8 Å². The molecular weight excluding hydrogens is 259 g/mol. The van der Waals surface area contributed by atoms with Gasteiger partial charge in [-0.05, 0) is 39.0 Å². The summed E-state index contributed by atoms with van der Waals surface area (Å²) < 4.78 is 18.9. The molecule has 0 saturated heterocycles. The van der Waals surface area contributed by atoms with Crippen LogP contribution < -0.4 is 0 Å². The van der Waals surface area contributed by atoms with Gasteiger partial charge in [0.25, 0.3) is 0 Å². The summed E-state index contributed by atoms with van der Waals surface area (Å²) in [6.45, 7) is 7.58. The van der Waals surface area contributed by atoms with Gasteiger partial charge in [0.1, 0.15) is 5.82 Å². The molecule has 0 bridgehead atoms. The van der Waals surface area contributed by atoms with E-state index in [1.807, 2.05) is 0 Å². The predicted octanol–water partition coefficient (Wildman–Crippen LogP) is 4.15. The molecule has 84 valence electrons. The average Bonchev–Trinajstić information content (AvgIpc) is 2.09. The zero-order valence-electron chi connectivity index (χ0n) is 9.31. The molecular formula is C12H16BrFO. The first-order valence-electron chi connectivity index (χ1n) is 4.90. The molecule has 0 saturated carbocycles. The van der Waals surface area contributed by atoms with Gasteiger partial charge in [-0.2, -0.15) is 0 Å². The van der Waals surface area contributed by atoms with Gasteiger partial charge in [-0.3, -0.25) is 0 Å². The third kappa shape index (κ3) is 4.76. The largest absolute Gasteiger partial charge is 0.376 e. The second-order valence-electron chi connectivity index (χ2n) is 4.80. The van der Waals surface area contributed by atoms with Crippen molar-refractivity contribution in [2.75, 3.05) is 6.61 Å². The Morgan fingerprint density at radius 3 is 2.53 bits per heavy atom. The summed E-state index contributed by atoms with van der Waals surface area (Å²) in [6.07, 6.45) is 0. The van der Waals surface area contributed by atoms with E-state index >= 15 is 0 Å². The van der Waals surface area contributed by atoms with Gasteiger partial charge in [0.15, 0.2) is 0 Å². The highest BCUT2D eigenvalue weighted by Gasteiger charge is 2.10. The van der Waals surface area contributed by atoms with Gasteiger partial charge in [0.05, 0.1) is 17.7 Å². The van der Waals surface area contributed by atoms with Crippen molar-refractivity contribution in [1.29, 1.82) is 0 Å². The van der Waals surface area contributed by atoms with Crippen LogP contribution in [0, 0.1) is 11.2 Å². The summed E-state index contributed by atoms with van der Waals surface area (Å²) in [5, 5.41) is 0. The van der Waals surface area contributed by atoms with Crippen LogP contribution in [-0.2, 0) is 11.3 Å². The lowest BCUT2D eigenvalue weighted by Crippen LogP contribution is -2.14. The molecule has 1 nitrogen and oxygen atoms in total. The second kappa shape index (κ2) is 5.08. The maximum Gasteiger partial charge on any atom is 0.137 e. The summed E-state index contributed by atoms with van der Waals surface area (Å²) in [4.78, 5) is 0. The number of benzene rings is 1. The molecule has 0 aromatic heterocycles. The molecule has 0 fully saturated rings. The van der Waals surface area contributed by atoms with E-state index in [2.05, 4.69) is 36.7 Å². The number of halogens is 2. The Morgan fingerprint density at radius 1 is 1.33 bits per heavy atom. The van der Waals surface area contributed by atoms with Crippen LogP contribution in [0.5, 0.6) is 0 Å². The normalized spacial score (nSPS) is 11.8. The third-order valence-corrected chi connectivity index (χ3v) is 2.40. The van der Waals surface area contributed by atoms with Crippen LogP contribution in [0.4, 0.5) is 4.39 Å². The van der Waals surface area contributed by atoms with Gasteiger partial charge >= 0.3 is 0 Å². The van der Waals surface area contributed by atoms with Gasteiger partial charge in [-0.1, -0.05) is 26.8 Å². The first-order chi connectivity index (χ1) is 6.88. The third-order valence-electron chi connectivity index (χ3n) is 1.79. The second-order valence-corrected chi connectivity index (χ2v) is 5.66. The number of hydrogen-bond donors (Lipinski definition) is 0. The molecule has 0 atom stereocenters. The fourth-order valence-corrected chi connectivity index (χ4v) is 1.53. The topological polar surface area (TPSA) is 9.23 Å². The first kappa shape index (κ1) is 12.7. The van der Waals surface area contributed by atoms with Crippen molar-refractivity contribution < 1.29 is 9.13 Å². The molecule has 1 aromatic carbocycles. The van der Waals surface area contributed by atoms with E-state index in [4.69, 9.17) is 4.74 Å². The van der Waals surface area contributed by atoms with Crippen LogP contribution in [0.2, 0.25) is 0 Å². The van der Waals surface area contributed by atoms with Crippen molar-refractivity contribution in [3.63, 3.8) is 0 Å². The fraction of sp³-hybridized carbons (Fsp3) is 0.500.